The normalized spacial score (nSPS) is 11.6. The molecule has 2 N–H and O–H groups in total. The van der Waals surface area contributed by atoms with Gasteiger partial charge in [-0.1, -0.05) is 77.8 Å². The summed E-state index contributed by atoms with van der Waals surface area (Å²) in [4.78, 5) is 11.7. The first-order valence-electron chi connectivity index (χ1n) is 8.68. The average Bonchev–Trinajstić information content (AvgIpc) is 2.70. The van der Waals surface area contributed by atoms with Gasteiger partial charge in [-0.3, -0.25) is 9.35 Å². The van der Waals surface area contributed by atoms with Crippen LogP contribution >= 0.6 is 23.2 Å². The fourth-order valence-corrected chi connectivity index (χ4v) is 4.02. The third kappa shape index (κ3) is 5.25. The Labute approximate surface area is 183 Å². The highest BCUT2D eigenvalue weighted by Gasteiger charge is 2.22. The summed E-state index contributed by atoms with van der Waals surface area (Å²) in [6.45, 7) is 0. The second-order valence-electron chi connectivity index (χ2n) is 6.25. The second kappa shape index (κ2) is 9.40. The van der Waals surface area contributed by atoms with E-state index in [2.05, 4.69) is 10.5 Å². The van der Waals surface area contributed by atoms with Gasteiger partial charge >= 0.3 is 0 Å². The van der Waals surface area contributed by atoms with Gasteiger partial charge in [-0.15, -0.1) is 0 Å². The Morgan fingerprint density at radius 3 is 2.37 bits per heavy atom. The third-order valence-corrected chi connectivity index (χ3v) is 5.87. The largest absolute Gasteiger partial charge is 0.295 e. The van der Waals surface area contributed by atoms with Crippen LogP contribution in [0.15, 0.2) is 76.7 Å². The maximum Gasteiger partial charge on any atom is 0.295 e. The Hall–Kier alpha value is -2.71. The number of halogens is 2. The minimum atomic E-state index is -4.56. The van der Waals surface area contributed by atoms with Crippen LogP contribution in [0.1, 0.15) is 11.1 Å². The molecule has 0 fully saturated rings. The van der Waals surface area contributed by atoms with Gasteiger partial charge in [0, 0.05) is 11.1 Å². The topological polar surface area (TPSA) is 95.8 Å². The zero-order valence-electron chi connectivity index (χ0n) is 15.4. The lowest BCUT2D eigenvalue weighted by molar-refractivity contribution is -0.120. The molecule has 30 heavy (non-hydrogen) atoms. The van der Waals surface area contributed by atoms with Crippen molar-refractivity contribution in [2.75, 3.05) is 0 Å². The Balaban J connectivity index is 1.92. The zero-order chi connectivity index (χ0) is 21.7. The molecule has 3 rings (SSSR count). The fourth-order valence-electron chi connectivity index (χ4n) is 2.83. The first-order chi connectivity index (χ1) is 14.3. The average molecular weight is 463 g/mol. The number of carbonyl (C=O) groups excluding carboxylic acids is 1. The number of benzene rings is 3. The molecule has 0 aliphatic carbocycles. The number of rotatable bonds is 6. The van der Waals surface area contributed by atoms with Crippen LogP contribution in [0.3, 0.4) is 0 Å². The lowest BCUT2D eigenvalue weighted by Gasteiger charge is -2.13. The van der Waals surface area contributed by atoms with E-state index in [4.69, 9.17) is 23.2 Å². The quantitative estimate of drug-likeness (QED) is 0.317. The van der Waals surface area contributed by atoms with Crippen molar-refractivity contribution in [1.29, 1.82) is 0 Å². The van der Waals surface area contributed by atoms with Crippen LogP contribution in [0.4, 0.5) is 0 Å². The van der Waals surface area contributed by atoms with Gasteiger partial charge in [-0.2, -0.15) is 13.5 Å². The predicted octanol–water partition coefficient (Wildman–Crippen LogP) is 4.60. The molecule has 9 heteroatoms. The lowest BCUT2D eigenvalue weighted by atomic mass is 10.00. The number of nitrogens with zero attached hydrogens (tertiary/aromatic N) is 1. The molecule has 154 valence electrons. The van der Waals surface area contributed by atoms with Crippen molar-refractivity contribution >= 4 is 45.4 Å². The maximum atomic E-state index is 12.1. The standard InChI is InChI=1S/C21H16Cl2N2O4S/c22-17-10-11-18(30(27,28)29)20(21(17)23)16-9-5-4-8-15(16)13-24-25-19(26)12-14-6-2-1-3-7-14/h1-11,13H,12H2,(H,25,26)(H,27,28,29). The van der Waals surface area contributed by atoms with Crippen molar-refractivity contribution in [2.24, 2.45) is 5.10 Å². The van der Waals surface area contributed by atoms with Gasteiger partial charge in [0.2, 0.25) is 5.91 Å². The highest BCUT2D eigenvalue weighted by Crippen LogP contribution is 2.39. The Morgan fingerprint density at radius 1 is 1.00 bits per heavy atom. The Kier molecular flexibility index (Phi) is 6.89. The SMILES string of the molecule is O=C(Cc1ccccc1)NN=Cc1ccccc1-c1c(S(=O)(=O)O)ccc(Cl)c1Cl. The summed E-state index contributed by atoms with van der Waals surface area (Å²) in [5.74, 6) is -0.311. The summed E-state index contributed by atoms with van der Waals surface area (Å²) < 4.78 is 33.3. The minimum Gasteiger partial charge on any atom is -0.282 e. The minimum absolute atomic E-state index is 0.0271. The molecule has 3 aromatic carbocycles. The van der Waals surface area contributed by atoms with E-state index in [-0.39, 0.29) is 32.8 Å². The molecule has 3 aromatic rings. The van der Waals surface area contributed by atoms with Crippen molar-refractivity contribution in [3.63, 3.8) is 0 Å². The van der Waals surface area contributed by atoms with E-state index in [0.717, 1.165) is 5.56 Å². The molecule has 0 aromatic heterocycles. The summed E-state index contributed by atoms with van der Waals surface area (Å²) >= 11 is 12.3. The van der Waals surface area contributed by atoms with Crippen molar-refractivity contribution in [1.82, 2.24) is 5.43 Å². The number of hydrogen-bond acceptors (Lipinski definition) is 4. The van der Waals surface area contributed by atoms with Crippen molar-refractivity contribution < 1.29 is 17.8 Å². The molecule has 6 nitrogen and oxygen atoms in total. The van der Waals surface area contributed by atoms with Crippen LogP contribution in [0.5, 0.6) is 0 Å². The molecule has 0 spiro atoms. The molecule has 0 unspecified atom stereocenters. The molecule has 0 saturated heterocycles. The molecule has 0 aliphatic rings. The Morgan fingerprint density at radius 2 is 1.67 bits per heavy atom. The summed E-state index contributed by atoms with van der Waals surface area (Å²) in [7, 11) is -4.56. The van der Waals surface area contributed by atoms with E-state index >= 15 is 0 Å². The summed E-state index contributed by atoms with van der Waals surface area (Å²) in [6.07, 6.45) is 1.52. The Bertz CT molecular complexity index is 1210. The predicted molar refractivity (Wildman–Crippen MR) is 118 cm³/mol. The summed E-state index contributed by atoms with van der Waals surface area (Å²) in [5.41, 5.74) is 4.16. The summed E-state index contributed by atoms with van der Waals surface area (Å²) in [5, 5.41) is 4.05. The third-order valence-electron chi connectivity index (χ3n) is 4.17. The number of hydrazone groups is 1. The van der Waals surface area contributed by atoms with E-state index < -0.39 is 10.1 Å². The monoisotopic (exact) mass is 462 g/mol. The van der Waals surface area contributed by atoms with Crippen LogP contribution in [-0.2, 0) is 21.3 Å². The molecule has 0 atom stereocenters. The maximum absolute atomic E-state index is 12.1. The molecule has 0 radical (unpaired) electrons. The van der Waals surface area contributed by atoms with E-state index in [1.165, 1.54) is 18.3 Å². The highest BCUT2D eigenvalue weighted by molar-refractivity contribution is 7.86. The second-order valence-corrected chi connectivity index (χ2v) is 8.43. The van der Waals surface area contributed by atoms with Crippen LogP contribution < -0.4 is 5.43 Å². The van der Waals surface area contributed by atoms with E-state index in [9.17, 15) is 17.8 Å². The zero-order valence-corrected chi connectivity index (χ0v) is 17.7. The van der Waals surface area contributed by atoms with Crippen molar-refractivity contribution in [3.8, 4) is 11.1 Å². The fraction of sp³-hybridized carbons (Fsp3) is 0.0476. The molecular formula is C21H16Cl2N2O4S. The van der Waals surface area contributed by atoms with Gasteiger partial charge < -0.3 is 0 Å². The molecule has 1 amide bonds. The van der Waals surface area contributed by atoms with Crippen LogP contribution in [0.25, 0.3) is 11.1 Å². The van der Waals surface area contributed by atoms with E-state index in [1.54, 1.807) is 24.3 Å². The lowest BCUT2D eigenvalue weighted by Crippen LogP contribution is -2.19. The first kappa shape index (κ1) is 22.0. The molecule has 0 saturated carbocycles. The van der Waals surface area contributed by atoms with Gasteiger partial charge in [0.1, 0.15) is 4.90 Å². The summed E-state index contributed by atoms with van der Waals surface area (Å²) in [6, 6.07) is 18.3. The van der Waals surface area contributed by atoms with Crippen LogP contribution in [-0.4, -0.2) is 25.1 Å². The van der Waals surface area contributed by atoms with Gasteiger partial charge in [-0.25, -0.2) is 5.43 Å². The van der Waals surface area contributed by atoms with Gasteiger partial charge in [0.15, 0.2) is 0 Å². The number of hydrogen-bond donors (Lipinski definition) is 2. The number of amides is 1. The number of carbonyl (C=O) groups is 1. The van der Waals surface area contributed by atoms with Crippen LogP contribution in [0, 0.1) is 0 Å². The van der Waals surface area contributed by atoms with Gasteiger partial charge in [-0.05, 0) is 23.3 Å². The molecule has 0 heterocycles. The van der Waals surface area contributed by atoms with Crippen molar-refractivity contribution in [3.05, 3.63) is 87.9 Å². The van der Waals surface area contributed by atoms with Crippen LogP contribution in [0.2, 0.25) is 10.0 Å². The van der Waals surface area contributed by atoms with Gasteiger partial charge in [0.05, 0.1) is 22.7 Å². The van der Waals surface area contributed by atoms with E-state index in [0.29, 0.717) is 11.1 Å². The molecule has 0 aliphatic heterocycles. The molecular weight excluding hydrogens is 447 g/mol. The van der Waals surface area contributed by atoms with Crippen molar-refractivity contribution in [2.45, 2.75) is 11.3 Å². The van der Waals surface area contributed by atoms with Gasteiger partial charge in [0.25, 0.3) is 10.1 Å². The smallest absolute Gasteiger partial charge is 0.282 e. The highest BCUT2D eigenvalue weighted by atomic mass is 35.5. The molecule has 0 bridgehead atoms. The number of nitrogens with one attached hydrogen (secondary N) is 1. The van der Waals surface area contributed by atoms with E-state index in [1.807, 2.05) is 30.3 Å². The first-order valence-corrected chi connectivity index (χ1v) is 10.9.